The first-order valence-electron chi connectivity index (χ1n) is 20.4. The molecule has 6 atom stereocenters. The molecule has 14 nitrogen and oxygen atoms in total. The number of fused-ring (bicyclic) bond motifs is 14. The first kappa shape index (κ1) is 43.8. The highest BCUT2D eigenvalue weighted by atomic mass is 16.7. The molecule has 4 heterocycles. The smallest absolute Gasteiger partial charge is 0.312 e. The Hall–Kier alpha value is -5.73. The third-order valence-corrected chi connectivity index (χ3v) is 11.1. The van der Waals surface area contributed by atoms with Gasteiger partial charge in [-0.2, -0.15) is 0 Å². The minimum absolute atomic E-state index is 0.0261. The third kappa shape index (κ3) is 9.04. The van der Waals surface area contributed by atoms with E-state index in [0.717, 1.165) is 13.0 Å². The number of nitrogens with one attached hydrogen (secondary N) is 1. The van der Waals surface area contributed by atoms with Crippen LogP contribution in [0.1, 0.15) is 83.1 Å². The highest BCUT2D eigenvalue weighted by Gasteiger charge is 2.49. The number of amides is 1. The highest BCUT2D eigenvalue weighted by molar-refractivity contribution is 6.26. The van der Waals surface area contributed by atoms with Gasteiger partial charge in [0, 0.05) is 43.0 Å². The second-order valence-electron chi connectivity index (χ2n) is 16.6. The molecule has 14 heteroatoms. The van der Waals surface area contributed by atoms with Crippen molar-refractivity contribution in [3.63, 3.8) is 0 Å². The summed E-state index contributed by atoms with van der Waals surface area (Å²) in [6.45, 7) is 13.0. The van der Waals surface area contributed by atoms with Crippen LogP contribution in [-0.2, 0) is 19.1 Å². The van der Waals surface area contributed by atoms with Gasteiger partial charge in [0.2, 0.25) is 0 Å². The zero-order chi connectivity index (χ0) is 43.6. The lowest BCUT2D eigenvalue weighted by molar-refractivity contribution is -0.157. The SMILES string of the molecule is CC(=O)OC1C(O)C[C@H](C)CC(C)/C=C/C=C(/C)C(=O)Nc2c(O)c3c(=O)c(C)c4c(c3c3nc5ccc(OCCCN(C)C)cc5oc23)C(=O)[C@@](C)(O/C=C/C[C@H]1C)O4. The second-order valence-corrected chi connectivity index (χ2v) is 16.6. The Bertz CT molecular complexity index is 2490. The van der Waals surface area contributed by atoms with E-state index in [0.29, 0.717) is 37.1 Å². The van der Waals surface area contributed by atoms with Crippen LogP contribution in [0.4, 0.5) is 5.69 Å². The number of carbonyl (C=O) groups excluding carboxylic acids is 3. The molecule has 3 aliphatic rings. The molecule has 3 aliphatic heterocycles. The number of aliphatic hydroxyl groups excluding tert-OH is 1. The van der Waals surface area contributed by atoms with Gasteiger partial charge in [0.25, 0.3) is 11.7 Å². The van der Waals surface area contributed by atoms with Crippen molar-refractivity contribution in [3.8, 4) is 17.2 Å². The molecular formula is C46H55N3O11. The minimum atomic E-state index is -1.95. The largest absolute Gasteiger partial charge is 0.505 e. The van der Waals surface area contributed by atoms with Crippen LogP contribution in [0.3, 0.4) is 0 Å². The number of aromatic nitrogens is 1. The van der Waals surface area contributed by atoms with Crippen LogP contribution in [0.15, 0.2) is 63.6 Å². The molecule has 3 unspecified atom stereocenters. The number of rotatable bonds is 6. The predicted octanol–water partition coefficient (Wildman–Crippen LogP) is 7.49. The number of anilines is 1. The minimum Gasteiger partial charge on any atom is -0.505 e. The normalized spacial score (nSPS) is 26.1. The Kier molecular flexibility index (Phi) is 13.0. The fraction of sp³-hybridized carbons (Fsp3) is 0.457. The number of phenols is 1. The van der Waals surface area contributed by atoms with Crippen molar-refractivity contribution in [2.75, 3.05) is 32.6 Å². The summed E-state index contributed by atoms with van der Waals surface area (Å²) in [5.74, 6) is -4.07. The molecule has 0 radical (unpaired) electrons. The summed E-state index contributed by atoms with van der Waals surface area (Å²) in [5.41, 5.74) is -0.0369. The lowest BCUT2D eigenvalue weighted by Crippen LogP contribution is -2.38. The van der Waals surface area contributed by atoms with Crippen molar-refractivity contribution >= 4 is 56.3 Å². The van der Waals surface area contributed by atoms with E-state index < -0.39 is 46.8 Å². The molecule has 1 amide bonds. The number of ether oxygens (including phenoxy) is 4. The number of Topliss-reactive ketones (excluding diaryl/α,β-unsaturated/α-hetero) is 1. The van der Waals surface area contributed by atoms with E-state index in [9.17, 15) is 29.4 Å². The fourth-order valence-corrected chi connectivity index (χ4v) is 7.91. The van der Waals surface area contributed by atoms with Gasteiger partial charge in [0.1, 0.15) is 34.3 Å². The van der Waals surface area contributed by atoms with E-state index in [2.05, 4.69) is 10.2 Å². The number of carbonyl (C=O) groups is 3. The Morgan fingerprint density at radius 2 is 1.85 bits per heavy atom. The third-order valence-electron chi connectivity index (χ3n) is 11.1. The van der Waals surface area contributed by atoms with Crippen molar-refractivity contribution in [1.29, 1.82) is 0 Å². The monoisotopic (exact) mass is 825 g/mol. The van der Waals surface area contributed by atoms with Crippen LogP contribution in [0.2, 0.25) is 0 Å². The Morgan fingerprint density at radius 3 is 2.57 bits per heavy atom. The number of aromatic hydroxyl groups is 1. The summed E-state index contributed by atoms with van der Waals surface area (Å²) in [6, 6.07) is 5.07. The van der Waals surface area contributed by atoms with Gasteiger partial charge in [-0.25, -0.2) is 4.98 Å². The van der Waals surface area contributed by atoms with Crippen LogP contribution in [0.5, 0.6) is 17.2 Å². The zero-order valence-electron chi connectivity index (χ0n) is 35.7. The molecule has 1 aromatic heterocycles. The summed E-state index contributed by atoms with van der Waals surface area (Å²) in [4.78, 5) is 61.6. The van der Waals surface area contributed by atoms with Crippen molar-refractivity contribution in [2.24, 2.45) is 17.8 Å². The number of aliphatic hydroxyl groups is 1. The van der Waals surface area contributed by atoms with Crippen LogP contribution >= 0.6 is 0 Å². The summed E-state index contributed by atoms with van der Waals surface area (Å²) < 4.78 is 30.2. The van der Waals surface area contributed by atoms with E-state index in [1.165, 1.54) is 27.0 Å². The van der Waals surface area contributed by atoms with Crippen molar-refractivity contribution in [3.05, 3.63) is 75.7 Å². The van der Waals surface area contributed by atoms with Gasteiger partial charge in [-0.05, 0) is 89.6 Å². The van der Waals surface area contributed by atoms with Gasteiger partial charge in [0.05, 0.1) is 29.9 Å². The maximum absolute atomic E-state index is 14.5. The molecule has 320 valence electrons. The van der Waals surface area contributed by atoms with Crippen LogP contribution in [0, 0.1) is 24.7 Å². The number of hydrogen-bond donors (Lipinski definition) is 3. The second kappa shape index (κ2) is 17.9. The average Bonchev–Trinajstić information content (AvgIpc) is 3.45. The van der Waals surface area contributed by atoms with Crippen LogP contribution < -0.4 is 20.2 Å². The molecular weight excluding hydrogens is 771 g/mol. The lowest BCUT2D eigenvalue weighted by Gasteiger charge is -2.29. The molecule has 0 saturated carbocycles. The molecule has 3 aromatic carbocycles. The highest BCUT2D eigenvalue weighted by Crippen LogP contribution is 2.48. The maximum atomic E-state index is 14.5. The molecule has 0 aliphatic carbocycles. The molecule has 7 rings (SSSR count). The zero-order valence-corrected chi connectivity index (χ0v) is 35.7. The molecule has 0 fully saturated rings. The Morgan fingerprint density at radius 1 is 1.10 bits per heavy atom. The van der Waals surface area contributed by atoms with Gasteiger partial charge in [0.15, 0.2) is 22.3 Å². The number of ketones is 1. The first-order chi connectivity index (χ1) is 28.4. The maximum Gasteiger partial charge on any atom is 0.312 e. The van der Waals surface area contributed by atoms with Crippen molar-refractivity contribution < 1.29 is 48.0 Å². The van der Waals surface area contributed by atoms with Gasteiger partial charge in [-0.15, -0.1) is 0 Å². The van der Waals surface area contributed by atoms with Gasteiger partial charge in [-0.3, -0.25) is 19.2 Å². The number of phenolic OH excluding ortho intramolecular Hbond substituents is 1. The number of nitrogens with zero attached hydrogens (tertiary/aromatic N) is 2. The average molecular weight is 826 g/mol. The number of allylic oxidation sites excluding steroid dienone is 4. The topological polar surface area (TPSA) is 187 Å². The van der Waals surface area contributed by atoms with E-state index >= 15 is 0 Å². The van der Waals surface area contributed by atoms with E-state index in [-0.39, 0.29) is 73.3 Å². The van der Waals surface area contributed by atoms with E-state index in [1.54, 1.807) is 43.4 Å². The van der Waals surface area contributed by atoms with Gasteiger partial charge in [-0.1, -0.05) is 39.0 Å². The lowest BCUT2D eigenvalue weighted by atomic mass is 9.87. The quantitative estimate of drug-likeness (QED) is 0.0571. The molecule has 0 saturated heterocycles. The van der Waals surface area contributed by atoms with Gasteiger partial charge >= 0.3 is 11.8 Å². The molecule has 3 N–H and O–H groups in total. The number of benzene rings is 3. The number of esters is 1. The van der Waals surface area contributed by atoms with Crippen LogP contribution in [-0.4, -0.2) is 83.0 Å². The van der Waals surface area contributed by atoms with Crippen LogP contribution in [0.25, 0.3) is 33.0 Å². The molecule has 0 spiro atoms. The van der Waals surface area contributed by atoms with E-state index in [4.69, 9.17) is 28.3 Å². The molecule has 4 aromatic rings. The molecule has 60 heavy (non-hydrogen) atoms. The van der Waals surface area contributed by atoms with E-state index in [1.807, 2.05) is 40.9 Å². The van der Waals surface area contributed by atoms with Crippen molar-refractivity contribution in [1.82, 2.24) is 9.88 Å². The Labute approximate surface area is 348 Å². The Balaban J connectivity index is 1.53. The van der Waals surface area contributed by atoms with Crippen molar-refractivity contribution in [2.45, 2.75) is 92.1 Å². The standard InChI is InChI=1S/C46H55N3O11/c1-24-13-10-14-27(4)45(55)48-38-40(53)35-34(37-43(38)59-33-23-30(16-17-31(33)47-37)56-19-12-18-49(8)9)36-42(28(5)39(35)52)60-46(7,44(36)54)57-20-11-15-26(3)41(58-29(6)50)32(51)22-25(2)21-24/h10-11,13-14,16-17,20,23-26,32,41,51,53H,12,15,18-19,21-22H2,1-9H3,(H,48,55)/b13-10+,20-11+,27-14-/t24?,25-,26-,32?,41?,46+/m1/s1. The predicted molar refractivity (Wildman–Crippen MR) is 228 cm³/mol. The first-order valence-corrected chi connectivity index (χ1v) is 20.4. The number of hydrogen-bond acceptors (Lipinski definition) is 13. The molecule has 5 bridgehead atoms. The summed E-state index contributed by atoms with van der Waals surface area (Å²) in [7, 11) is 3.96. The fourth-order valence-electron chi connectivity index (χ4n) is 7.91. The summed E-state index contributed by atoms with van der Waals surface area (Å²) >= 11 is 0. The summed E-state index contributed by atoms with van der Waals surface area (Å²) in [6.07, 6.45) is 8.73. The van der Waals surface area contributed by atoms with Gasteiger partial charge < -0.3 is 43.8 Å². The summed E-state index contributed by atoms with van der Waals surface area (Å²) in [5, 5.41) is 25.8.